The lowest BCUT2D eigenvalue weighted by atomic mass is 10.3. The number of rotatable bonds is 6. The molecule has 0 unspecified atom stereocenters. The first kappa shape index (κ1) is 12.4. The third kappa shape index (κ3) is 3.01. The molecule has 0 aliphatic rings. The van der Waals surface area contributed by atoms with E-state index in [9.17, 15) is 5.11 Å². The first-order valence-corrected chi connectivity index (χ1v) is 5.91. The number of para-hydroxylation sites is 2. The maximum Gasteiger partial charge on any atom is 0.157 e. The van der Waals surface area contributed by atoms with Crippen molar-refractivity contribution in [3.8, 4) is 17.2 Å². The highest BCUT2D eigenvalue weighted by atomic mass is 16.5. The summed E-state index contributed by atoms with van der Waals surface area (Å²) in [6.45, 7) is 1.57. The van der Waals surface area contributed by atoms with Crippen LogP contribution in [0.25, 0.3) is 5.69 Å². The lowest BCUT2D eigenvalue weighted by molar-refractivity contribution is 0.309. The molecule has 0 spiro atoms. The van der Waals surface area contributed by atoms with Gasteiger partial charge in [-0.2, -0.15) is 5.10 Å². The van der Waals surface area contributed by atoms with Gasteiger partial charge in [0.25, 0.3) is 0 Å². The number of nitrogens with one attached hydrogen (secondary N) is 1. The number of phenols is 1. The number of nitrogens with zero attached hydrogens (tertiary/aromatic N) is 2. The van der Waals surface area contributed by atoms with Crippen LogP contribution in [0.2, 0.25) is 0 Å². The molecule has 1 aromatic carbocycles. The van der Waals surface area contributed by atoms with E-state index in [-0.39, 0.29) is 5.75 Å². The van der Waals surface area contributed by atoms with Crippen LogP contribution in [0.1, 0.15) is 6.42 Å². The van der Waals surface area contributed by atoms with Gasteiger partial charge in [-0.25, -0.2) is 4.68 Å². The number of hydrogen-bond acceptors (Lipinski definition) is 4. The van der Waals surface area contributed by atoms with Crippen LogP contribution in [0.3, 0.4) is 0 Å². The summed E-state index contributed by atoms with van der Waals surface area (Å²) in [5.41, 5.74) is 0.641. The molecule has 0 radical (unpaired) electrons. The quantitative estimate of drug-likeness (QED) is 0.761. The van der Waals surface area contributed by atoms with Gasteiger partial charge in [0.1, 0.15) is 11.4 Å². The Hall–Kier alpha value is -2.01. The highest BCUT2D eigenvalue weighted by Crippen LogP contribution is 2.21. The summed E-state index contributed by atoms with van der Waals surface area (Å²) in [5, 5.41) is 16.9. The SMILES string of the molecule is CNCCCOc1cnn(-c2ccccc2O)c1. The summed E-state index contributed by atoms with van der Waals surface area (Å²) in [4.78, 5) is 0. The molecule has 2 aromatic rings. The second-order valence-electron chi connectivity index (χ2n) is 3.91. The molecule has 0 bridgehead atoms. The van der Waals surface area contributed by atoms with Crippen LogP contribution in [-0.2, 0) is 0 Å². The van der Waals surface area contributed by atoms with Crippen molar-refractivity contribution < 1.29 is 9.84 Å². The number of phenolic OH excluding ortho intramolecular Hbond substituents is 1. The predicted octanol–water partition coefficient (Wildman–Crippen LogP) is 1.57. The van der Waals surface area contributed by atoms with Crippen molar-refractivity contribution in [1.82, 2.24) is 15.1 Å². The highest BCUT2D eigenvalue weighted by Gasteiger charge is 2.05. The minimum atomic E-state index is 0.197. The van der Waals surface area contributed by atoms with Crippen molar-refractivity contribution in [3.63, 3.8) is 0 Å². The standard InChI is InChI=1S/C13H17N3O2/c1-14-7-4-8-18-11-9-15-16(10-11)12-5-2-3-6-13(12)17/h2-3,5-6,9-10,14,17H,4,7-8H2,1H3. The van der Waals surface area contributed by atoms with E-state index in [1.54, 1.807) is 35.3 Å². The number of ether oxygens (including phenoxy) is 1. The highest BCUT2D eigenvalue weighted by molar-refractivity contribution is 5.45. The molecule has 5 heteroatoms. The largest absolute Gasteiger partial charge is 0.506 e. The molecule has 1 aromatic heterocycles. The minimum Gasteiger partial charge on any atom is -0.506 e. The maximum atomic E-state index is 9.71. The van der Waals surface area contributed by atoms with Crippen molar-refractivity contribution in [2.45, 2.75) is 6.42 Å². The molecule has 96 valence electrons. The molecule has 1 heterocycles. The van der Waals surface area contributed by atoms with E-state index in [2.05, 4.69) is 10.4 Å². The zero-order chi connectivity index (χ0) is 12.8. The van der Waals surface area contributed by atoms with Gasteiger partial charge in [-0.05, 0) is 32.1 Å². The number of aromatic nitrogens is 2. The molecule has 2 rings (SSSR count). The summed E-state index contributed by atoms with van der Waals surface area (Å²) in [7, 11) is 1.91. The van der Waals surface area contributed by atoms with E-state index >= 15 is 0 Å². The third-order valence-electron chi connectivity index (χ3n) is 2.53. The molecule has 0 saturated carbocycles. The van der Waals surface area contributed by atoms with Crippen LogP contribution < -0.4 is 10.1 Å². The average Bonchev–Trinajstić information content (AvgIpc) is 2.84. The summed E-state index contributed by atoms with van der Waals surface area (Å²) in [6, 6.07) is 7.05. The van der Waals surface area contributed by atoms with Gasteiger partial charge in [0.2, 0.25) is 0 Å². The molecule has 0 aliphatic heterocycles. The smallest absolute Gasteiger partial charge is 0.157 e. The van der Waals surface area contributed by atoms with E-state index in [0.29, 0.717) is 18.0 Å². The second-order valence-corrected chi connectivity index (χ2v) is 3.91. The molecule has 0 fully saturated rings. The molecule has 5 nitrogen and oxygen atoms in total. The Morgan fingerprint density at radius 1 is 1.39 bits per heavy atom. The summed E-state index contributed by atoms with van der Waals surface area (Å²) < 4.78 is 7.15. The molecule has 0 atom stereocenters. The van der Waals surface area contributed by atoms with E-state index in [1.807, 2.05) is 13.1 Å². The van der Waals surface area contributed by atoms with Crippen LogP contribution in [0.5, 0.6) is 11.5 Å². The summed E-state index contributed by atoms with van der Waals surface area (Å²) >= 11 is 0. The van der Waals surface area contributed by atoms with Gasteiger partial charge in [0, 0.05) is 0 Å². The van der Waals surface area contributed by atoms with E-state index < -0.39 is 0 Å². The van der Waals surface area contributed by atoms with Gasteiger partial charge in [0.15, 0.2) is 5.75 Å². The van der Waals surface area contributed by atoms with Crippen molar-refractivity contribution in [1.29, 1.82) is 0 Å². The molecular weight excluding hydrogens is 230 g/mol. The van der Waals surface area contributed by atoms with Crippen molar-refractivity contribution in [2.24, 2.45) is 0 Å². The number of benzene rings is 1. The van der Waals surface area contributed by atoms with Crippen LogP contribution >= 0.6 is 0 Å². The monoisotopic (exact) mass is 247 g/mol. The molecule has 0 amide bonds. The van der Waals surface area contributed by atoms with E-state index in [4.69, 9.17) is 4.74 Å². The van der Waals surface area contributed by atoms with Crippen molar-refractivity contribution in [3.05, 3.63) is 36.7 Å². The van der Waals surface area contributed by atoms with Gasteiger partial charge in [-0.3, -0.25) is 0 Å². The van der Waals surface area contributed by atoms with Gasteiger partial charge in [0.05, 0.1) is 19.0 Å². The van der Waals surface area contributed by atoms with E-state index in [0.717, 1.165) is 13.0 Å². The second kappa shape index (κ2) is 6.07. The van der Waals surface area contributed by atoms with Crippen molar-refractivity contribution in [2.75, 3.05) is 20.2 Å². The Balaban J connectivity index is 2.00. The van der Waals surface area contributed by atoms with E-state index in [1.165, 1.54) is 0 Å². The van der Waals surface area contributed by atoms with Gasteiger partial charge in [-0.15, -0.1) is 0 Å². The normalized spacial score (nSPS) is 10.5. The fraction of sp³-hybridized carbons (Fsp3) is 0.308. The zero-order valence-corrected chi connectivity index (χ0v) is 10.3. The van der Waals surface area contributed by atoms with Gasteiger partial charge in [-0.1, -0.05) is 12.1 Å². The fourth-order valence-electron chi connectivity index (χ4n) is 1.61. The zero-order valence-electron chi connectivity index (χ0n) is 10.3. The Bertz CT molecular complexity index is 496. The van der Waals surface area contributed by atoms with Crippen molar-refractivity contribution >= 4 is 0 Å². The summed E-state index contributed by atoms with van der Waals surface area (Å²) in [5.74, 6) is 0.900. The van der Waals surface area contributed by atoms with Gasteiger partial charge < -0.3 is 15.2 Å². The Kier molecular flexibility index (Phi) is 4.20. The Morgan fingerprint density at radius 2 is 2.22 bits per heavy atom. The Morgan fingerprint density at radius 3 is 3.00 bits per heavy atom. The Labute approximate surface area is 106 Å². The predicted molar refractivity (Wildman–Crippen MR) is 69.3 cm³/mol. The summed E-state index contributed by atoms with van der Waals surface area (Å²) in [6.07, 6.45) is 4.35. The molecule has 0 saturated heterocycles. The third-order valence-corrected chi connectivity index (χ3v) is 2.53. The molecule has 2 N–H and O–H groups in total. The molecule has 0 aliphatic carbocycles. The lowest BCUT2D eigenvalue weighted by Crippen LogP contribution is -2.11. The first-order chi connectivity index (χ1) is 8.81. The average molecular weight is 247 g/mol. The van der Waals surface area contributed by atoms with Crippen LogP contribution in [0.4, 0.5) is 0 Å². The fourth-order valence-corrected chi connectivity index (χ4v) is 1.61. The number of hydrogen-bond donors (Lipinski definition) is 2. The van der Waals surface area contributed by atoms with Gasteiger partial charge >= 0.3 is 0 Å². The van der Waals surface area contributed by atoms with Crippen LogP contribution in [-0.4, -0.2) is 35.1 Å². The first-order valence-electron chi connectivity index (χ1n) is 5.91. The van der Waals surface area contributed by atoms with Crippen LogP contribution in [0, 0.1) is 0 Å². The maximum absolute atomic E-state index is 9.71. The minimum absolute atomic E-state index is 0.197. The lowest BCUT2D eigenvalue weighted by Gasteiger charge is -2.04. The number of aromatic hydroxyl groups is 1. The van der Waals surface area contributed by atoms with Crippen LogP contribution in [0.15, 0.2) is 36.7 Å². The molecular formula is C13H17N3O2. The topological polar surface area (TPSA) is 59.3 Å². The molecule has 18 heavy (non-hydrogen) atoms.